The molecule has 3 aromatic carbocycles. The highest BCUT2D eigenvalue weighted by molar-refractivity contribution is 8.00. The number of hydrogen-bond donors (Lipinski definition) is 2. The fourth-order valence-electron chi connectivity index (χ4n) is 3.68. The van der Waals surface area contributed by atoms with Crippen LogP contribution >= 0.6 is 11.8 Å². The first-order chi connectivity index (χ1) is 17.1. The lowest BCUT2D eigenvalue weighted by Crippen LogP contribution is -2.25. The average Bonchev–Trinajstić information content (AvgIpc) is 3.26. The summed E-state index contributed by atoms with van der Waals surface area (Å²) in [5, 5.41) is 10.6. The van der Waals surface area contributed by atoms with Gasteiger partial charge in [-0.2, -0.15) is 5.10 Å². The summed E-state index contributed by atoms with van der Waals surface area (Å²) in [6.07, 6.45) is 1.98. The molecule has 1 aromatic heterocycles. The molecular weight excluding hydrogens is 456 g/mol. The highest BCUT2D eigenvalue weighted by Crippen LogP contribution is 2.22. The van der Waals surface area contributed by atoms with Crippen LogP contribution in [0.1, 0.15) is 16.7 Å². The van der Waals surface area contributed by atoms with E-state index in [4.69, 9.17) is 5.10 Å². The van der Waals surface area contributed by atoms with Crippen molar-refractivity contribution in [3.05, 3.63) is 108 Å². The van der Waals surface area contributed by atoms with Gasteiger partial charge in [0.1, 0.15) is 0 Å². The quantitative estimate of drug-likeness (QED) is 0.336. The number of carbonyl (C=O) groups excluding carboxylic acids is 2. The lowest BCUT2D eigenvalue weighted by molar-refractivity contribution is -0.118. The molecule has 0 saturated carbocycles. The summed E-state index contributed by atoms with van der Waals surface area (Å²) in [6, 6.07) is 27.8. The lowest BCUT2D eigenvalue weighted by atomic mass is 10.1. The van der Waals surface area contributed by atoms with Gasteiger partial charge in [-0.15, -0.1) is 11.8 Å². The van der Waals surface area contributed by atoms with E-state index in [1.54, 1.807) is 0 Å². The molecule has 0 aliphatic carbocycles. The first-order valence-corrected chi connectivity index (χ1v) is 12.6. The molecule has 4 aromatic rings. The van der Waals surface area contributed by atoms with E-state index in [0.717, 1.165) is 33.6 Å². The molecule has 0 saturated heterocycles. The summed E-state index contributed by atoms with van der Waals surface area (Å²) in [6.45, 7) is 3.00. The van der Waals surface area contributed by atoms with Crippen molar-refractivity contribution < 1.29 is 9.59 Å². The van der Waals surface area contributed by atoms with Gasteiger partial charge < -0.3 is 10.6 Å². The second kappa shape index (κ2) is 12.0. The summed E-state index contributed by atoms with van der Waals surface area (Å²) in [7, 11) is 0. The number of rotatable bonds is 10. The molecule has 35 heavy (non-hydrogen) atoms. The van der Waals surface area contributed by atoms with Gasteiger partial charge in [-0.25, -0.2) is 0 Å². The van der Waals surface area contributed by atoms with E-state index >= 15 is 0 Å². The summed E-state index contributed by atoms with van der Waals surface area (Å²) in [5.41, 5.74) is 5.81. The molecule has 0 radical (unpaired) electrons. The minimum Gasteiger partial charge on any atom is -0.351 e. The molecule has 0 unspecified atom stereocenters. The maximum absolute atomic E-state index is 12.5. The van der Waals surface area contributed by atoms with Crippen molar-refractivity contribution in [1.29, 1.82) is 0 Å². The minimum atomic E-state index is -0.123. The fraction of sp³-hybridized carbons (Fsp3) is 0.179. The molecule has 7 heteroatoms. The largest absolute Gasteiger partial charge is 0.351 e. The van der Waals surface area contributed by atoms with Crippen LogP contribution in [0.3, 0.4) is 0 Å². The highest BCUT2D eigenvalue weighted by atomic mass is 32.2. The van der Waals surface area contributed by atoms with Gasteiger partial charge in [0.2, 0.25) is 11.8 Å². The lowest BCUT2D eigenvalue weighted by Gasteiger charge is -2.07. The number of carbonyl (C=O) groups is 2. The predicted molar refractivity (Wildman–Crippen MR) is 142 cm³/mol. The molecule has 2 N–H and O–H groups in total. The molecule has 0 bridgehead atoms. The van der Waals surface area contributed by atoms with Crippen LogP contribution in [0.25, 0.3) is 11.3 Å². The first kappa shape index (κ1) is 24.3. The molecular formula is C28H28N4O2S. The second-order valence-corrected chi connectivity index (χ2v) is 9.22. The smallest absolute Gasteiger partial charge is 0.234 e. The zero-order valence-corrected chi connectivity index (χ0v) is 20.4. The van der Waals surface area contributed by atoms with Crippen molar-refractivity contribution in [2.45, 2.75) is 20.0 Å². The van der Waals surface area contributed by atoms with E-state index in [1.165, 1.54) is 11.8 Å². The van der Waals surface area contributed by atoms with Gasteiger partial charge in [-0.1, -0.05) is 72.8 Å². The molecule has 4 rings (SSSR count). The SMILES string of the molecule is Cc1cccc(NC(=O)CSCC(=O)NCc2cn(Cc3ccccc3)nc2-c2ccccc2)c1. The van der Waals surface area contributed by atoms with Gasteiger partial charge in [0.25, 0.3) is 0 Å². The molecule has 1 heterocycles. The van der Waals surface area contributed by atoms with Gasteiger partial charge in [0.15, 0.2) is 0 Å². The van der Waals surface area contributed by atoms with Crippen LogP contribution in [-0.2, 0) is 22.7 Å². The number of thioether (sulfide) groups is 1. The summed E-state index contributed by atoms with van der Waals surface area (Å²) < 4.78 is 1.91. The van der Waals surface area contributed by atoms with Gasteiger partial charge in [-0.05, 0) is 30.2 Å². The molecule has 178 valence electrons. The Morgan fingerprint density at radius 2 is 1.60 bits per heavy atom. The minimum absolute atomic E-state index is 0.117. The van der Waals surface area contributed by atoms with Gasteiger partial charge in [0.05, 0.1) is 23.7 Å². The third-order valence-electron chi connectivity index (χ3n) is 5.32. The number of aryl methyl sites for hydroxylation is 1. The van der Waals surface area contributed by atoms with E-state index in [2.05, 4.69) is 22.8 Å². The third kappa shape index (κ3) is 7.32. The van der Waals surface area contributed by atoms with Gasteiger partial charge in [0, 0.05) is 29.6 Å². The maximum Gasteiger partial charge on any atom is 0.234 e. The molecule has 0 aliphatic heterocycles. The molecule has 0 spiro atoms. The van der Waals surface area contributed by atoms with Crippen molar-refractivity contribution in [2.24, 2.45) is 0 Å². The summed E-state index contributed by atoms with van der Waals surface area (Å²) >= 11 is 1.29. The zero-order valence-electron chi connectivity index (χ0n) is 19.6. The number of aromatic nitrogens is 2. The van der Waals surface area contributed by atoms with Gasteiger partial charge >= 0.3 is 0 Å². The fourth-order valence-corrected chi connectivity index (χ4v) is 4.33. The standard InChI is InChI=1S/C28H28N4O2S/c1-21-9-8-14-25(15-21)30-27(34)20-35-19-26(33)29-16-24-18-32(17-22-10-4-2-5-11-22)31-28(24)23-12-6-3-7-13-23/h2-15,18H,16-17,19-20H2,1H3,(H,29,33)(H,30,34). The second-order valence-electron chi connectivity index (χ2n) is 8.24. The maximum atomic E-state index is 12.5. The Balaban J connectivity index is 1.32. The van der Waals surface area contributed by atoms with Crippen LogP contribution in [0, 0.1) is 6.92 Å². The summed E-state index contributed by atoms with van der Waals surface area (Å²) in [4.78, 5) is 24.6. The Hall–Kier alpha value is -3.84. The van der Waals surface area contributed by atoms with E-state index in [0.29, 0.717) is 13.1 Å². The number of hydrogen-bond acceptors (Lipinski definition) is 4. The normalized spacial score (nSPS) is 10.7. The van der Waals surface area contributed by atoms with Crippen molar-refractivity contribution in [1.82, 2.24) is 15.1 Å². The third-order valence-corrected chi connectivity index (χ3v) is 6.25. The Morgan fingerprint density at radius 1 is 0.886 bits per heavy atom. The number of benzene rings is 3. The Bertz CT molecular complexity index is 1270. The van der Waals surface area contributed by atoms with Crippen molar-refractivity contribution in [3.8, 4) is 11.3 Å². The van der Waals surface area contributed by atoms with Crippen molar-refractivity contribution in [2.75, 3.05) is 16.8 Å². The highest BCUT2D eigenvalue weighted by Gasteiger charge is 2.13. The molecule has 2 amide bonds. The first-order valence-electron chi connectivity index (χ1n) is 11.4. The number of anilines is 1. The summed E-state index contributed by atoms with van der Waals surface area (Å²) in [5.74, 6) is 0.182. The Kier molecular flexibility index (Phi) is 8.35. The average molecular weight is 485 g/mol. The van der Waals surface area contributed by atoms with Crippen LogP contribution in [0.15, 0.2) is 91.1 Å². The number of nitrogens with one attached hydrogen (secondary N) is 2. The molecule has 6 nitrogen and oxygen atoms in total. The van der Waals surface area contributed by atoms with E-state index in [9.17, 15) is 9.59 Å². The predicted octanol–water partition coefficient (Wildman–Crippen LogP) is 4.89. The van der Waals surface area contributed by atoms with Crippen LogP contribution in [-0.4, -0.2) is 33.1 Å². The van der Waals surface area contributed by atoms with Crippen LogP contribution in [0.2, 0.25) is 0 Å². The van der Waals surface area contributed by atoms with Crippen LogP contribution in [0.4, 0.5) is 5.69 Å². The number of amides is 2. The molecule has 0 fully saturated rings. The van der Waals surface area contributed by atoms with Crippen LogP contribution < -0.4 is 10.6 Å². The van der Waals surface area contributed by atoms with E-state index < -0.39 is 0 Å². The van der Waals surface area contributed by atoms with Crippen molar-refractivity contribution in [3.63, 3.8) is 0 Å². The van der Waals surface area contributed by atoms with Crippen molar-refractivity contribution >= 4 is 29.3 Å². The Labute approximate surface area is 209 Å². The Morgan fingerprint density at radius 3 is 2.34 bits per heavy atom. The topological polar surface area (TPSA) is 76.0 Å². The molecule has 0 atom stereocenters. The molecule has 0 aliphatic rings. The van der Waals surface area contributed by atoms with E-state index in [1.807, 2.05) is 90.6 Å². The monoisotopic (exact) mass is 484 g/mol. The van der Waals surface area contributed by atoms with Gasteiger partial charge in [-0.3, -0.25) is 14.3 Å². The zero-order chi connectivity index (χ0) is 24.5. The van der Waals surface area contributed by atoms with Crippen LogP contribution in [0.5, 0.6) is 0 Å². The van der Waals surface area contributed by atoms with E-state index in [-0.39, 0.29) is 23.3 Å². The number of nitrogens with zero attached hydrogens (tertiary/aromatic N) is 2.